The largest absolute Gasteiger partial charge is 0.433 e. The zero-order chi connectivity index (χ0) is 13.0. The number of pyridine rings is 1. The van der Waals surface area contributed by atoms with Crippen LogP contribution in [-0.2, 0) is 21.4 Å². The van der Waals surface area contributed by atoms with Gasteiger partial charge in [0.1, 0.15) is 0 Å². The van der Waals surface area contributed by atoms with Crippen LogP contribution in [0, 0.1) is 0 Å². The molecule has 1 spiro atoms. The number of hydrogen-bond acceptors (Lipinski definition) is 4. The van der Waals surface area contributed by atoms with Gasteiger partial charge in [-0.25, -0.2) is 0 Å². The van der Waals surface area contributed by atoms with E-state index in [0.29, 0.717) is 0 Å². The second-order valence-electron chi connectivity index (χ2n) is 4.29. The number of nitrogens with zero attached hydrogens (tertiary/aromatic N) is 1. The van der Waals surface area contributed by atoms with Crippen molar-refractivity contribution >= 4 is 0 Å². The second kappa shape index (κ2) is 3.66. The van der Waals surface area contributed by atoms with Gasteiger partial charge in [0, 0.05) is 18.2 Å². The van der Waals surface area contributed by atoms with Crippen LogP contribution in [0.25, 0.3) is 0 Å². The van der Waals surface area contributed by atoms with Gasteiger partial charge in [-0.05, 0) is 11.6 Å². The van der Waals surface area contributed by atoms with E-state index in [0.717, 1.165) is 6.20 Å². The molecule has 0 bridgehead atoms. The lowest BCUT2D eigenvalue weighted by molar-refractivity contribution is -0.184. The number of aromatic nitrogens is 1. The van der Waals surface area contributed by atoms with E-state index in [-0.39, 0.29) is 30.8 Å². The Morgan fingerprint density at radius 2 is 2.00 bits per heavy atom. The maximum atomic E-state index is 13.0. The first kappa shape index (κ1) is 11.9. The summed E-state index contributed by atoms with van der Waals surface area (Å²) in [6.45, 7) is 0.413. The number of rotatable bonds is 0. The molecule has 0 radical (unpaired) electrons. The Morgan fingerprint density at radius 3 is 2.61 bits per heavy atom. The van der Waals surface area contributed by atoms with Gasteiger partial charge in [-0.2, -0.15) is 13.2 Å². The van der Waals surface area contributed by atoms with Crippen molar-refractivity contribution < 1.29 is 27.8 Å². The van der Waals surface area contributed by atoms with Crippen LogP contribution < -0.4 is 0 Å². The van der Waals surface area contributed by atoms with Crippen molar-refractivity contribution in [3.05, 3.63) is 29.1 Å². The molecule has 0 amide bonds. The molecule has 2 heterocycles. The maximum Gasteiger partial charge on any atom is 0.433 e. The summed E-state index contributed by atoms with van der Waals surface area (Å²) < 4.78 is 49.5. The standard InChI is InChI=1S/C11H10F3NO3/c12-11(13,14)9-8-6(1-2-15-9)7(16)5-10(8)17-3-4-18-10/h1-2,7,16H,3-5H2. The first-order valence-electron chi connectivity index (χ1n) is 5.47. The van der Waals surface area contributed by atoms with Crippen molar-refractivity contribution in [2.24, 2.45) is 0 Å². The molecule has 4 nitrogen and oxygen atoms in total. The van der Waals surface area contributed by atoms with Gasteiger partial charge < -0.3 is 14.6 Å². The van der Waals surface area contributed by atoms with Crippen molar-refractivity contribution in [1.29, 1.82) is 0 Å². The molecule has 7 heteroatoms. The molecule has 1 atom stereocenters. The lowest BCUT2D eigenvalue weighted by Gasteiger charge is -2.25. The fraction of sp³-hybridized carbons (Fsp3) is 0.545. The summed E-state index contributed by atoms with van der Waals surface area (Å²) in [5, 5.41) is 9.84. The van der Waals surface area contributed by atoms with Gasteiger partial charge in [-0.1, -0.05) is 0 Å². The summed E-state index contributed by atoms with van der Waals surface area (Å²) in [6, 6.07) is 1.37. The summed E-state index contributed by atoms with van der Waals surface area (Å²) >= 11 is 0. The van der Waals surface area contributed by atoms with Crippen LogP contribution in [0.15, 0.2) is 12.3 Å². The molecule has 3 rings (SSSR count). The van der Waals surface area contributed by atoms with Crippen LogP contribution in [0.3, 0.4) is 0 Å². The molecule has 1 aliphatic heterocycles. The predicted molar refractivity (Wildman–Crippen MR) is 52.4 cm³/mol. The molecule has 18 heavy (non-hydrogen) atoms. The molecule has 1 aromatic rings. The molecule has 1 unspecified atom stereocenters. The highest BCUT2D eigenvalue weighted by atomic mass is 19.4. The van der Waals surface area contributed by atoms with E-state index >= 15 is 0 Å². The van der Waals surface area contributed by atoms with E-state index < -0.39 is 23.8 Å². The highest BCUT2D eigenvalue weighted by Crippen LogP contribution is 2.51. The highest BCUT2D eigenvalue weighted by Gasteiger charge is 2.54. The van der Waals surface area contributed by atoms with Crippen molar-refractivity contribution in [2.75, 3.05) is 13.2 Å². The average Bonchev–Trinajstić information content (AvgIpc) is 2.86. The Kier molecular flexibility index (Phi) is 2.42. The van der Waals surface area contributed by atoms with Crippen LogP contribution in [0.2, 0.25) is 0 Å². The van der Waals surface area contributed by atoms with E-state index in [4.69, 9.17) is 9.47 Å². The molecule has 1 aromatic heterocycles. The number of alkyl halides is 3. The molecular weight excluding hydrogens is 251 g/mol. The lowest BCUT2D eigenvalue weighted by Crippen LogP contribution is -2.28. The average molecular weight is 261 g/mol. The number of aliphatic hydroxyl groups is 1. The van der Waals surface area contributed by atoms with Crippen LogP contribution in [0.4, 0.5) is 13.2 Å². The van der Waals surface area contributed by atoms with Crippen LogP contribution >= 0.6 is 0 Å². The van der Waals surface area contributed by atoms with Crippen molar-refractivity contribution in [3.63, 3.8) is 0 Å². The van der Waals surface area contributed by atoms with Gasteiger partial charge in [-0.3, -0.25) is 4.98 Å². The molecule has 98 valence electrons. The third-order valence-electron chi connectivity index (χ3n) is 3.21. The predicted octanol–water partition coefficient (Wildman–Crippen LogP) is 1.74. The molecule has 0 saturated carbocycles. The van der Waals surface area contributed by atoms with Gasteiger partial charge in [0.15, 0.2) is 11.5 Å². The number of halogens is 3. The molecule has 1 N–H and O–H groups in total. The lowest BCUT2D eigenvalue weighted by atomic mass is 10.0. The summed E-state index contributed by atoms with van der Waals surface area (Å²) in [4.78, 5) is 3.38. The third kappa shape index (κ3) is 1.54. The SMILES string of the molecule is OC1CC2(OCCO2)c2c1ccnc2C(F)(F)F. The summed E-state index contributed by atoms with van der Waals surface area (Å²) in [7, 11) is 0. The van der Waals surface area contributed by atoms with Crippen molar-refractivity contribution in [1.82, 2.24) is 4.98 Å². The maximum absolute atomic E-state index is 13.0. The van der Waals surface area contributed by atoms with E-state index in [9.17, 15) is 18.3 Å². The minimum atomic E-state index is -4.60. The van der Waals surface area contributed by atoms with Gasteiger partial charge in [0.25, 0.3) is 0 Å². The monoisotopic (exact) mass is 261 g/mol. The molecule has 1 fully saturated rings. The molecule has 2 aliphatic rings. The second-order valence-corrected chi connectivity index (χ2v) is 4.29. The molecule has 0 aromatic carbocycles. The molecular formula is C11H10F3NO3. The minimum Gasteiger partial charge on any atom is -0.388 e. The van der Waals surface area contributed by atoms with E-state index in [1.165, 1.54) is 6.07 Å². The number of fused-ring (bicyclic) bond motifs is 2. The minimum absolute atomic E-state index is 0.0306. The Hall–Kier alpha value is -1.18. The zero-order valence-corrected chi connectivity index (χ0v) is 9.20. The Balaban J connectivity index is 2.22. The summed E-state index contributed by atoms with van der Waals surface area (Å²) in [6.07, 6.45) is -4.62. The topological polar surface area (TPSA) is 51.6 Å². The normalized spacial score (nSPS) is 25.7. The van der Waals surface area contributed by atoms with Crippen LogP contribution in [0.5, 0.6) is 0 Å². The highest BCUT2D eigenvalue weighted by molar-refractivity contribution is 5.42. The van der Waals surface area contributed by atoms with Gasteiger partial charge in [0.2, 0.25) is 0 Å². The van der Waals surface area contributed by atoms with Crippen molar-refractivity contribution in [3.8, 4) is 0 Å². The van der Waals surface area contributed by atoms with Crippen molar-refractivity contribution in [2.45, 2.75) is 24.5 Å². The summed E-state index contributed by atoms with van der Waals surface area (Å²) in [5.74, 6) is -1.49. The van der Waals surface area contributed by atoms with E-state index in [1.807, 2.05) is 0 Å². The summed E-state index contributed by atoms with van der Waals surface area (Å²) in [5.41, 5.74) is -1.04. The number of hydrogen-bond donors (Lipinski definition) is 1. The Labute approximate surface area is 100 Å². The fourth-order valence-corrected chi connectivity index (χ4v) is 2.55. The van der Waals surface area contributed by atoms with Crippen LogP contribution in [0.1, 0.15) is 29.3 Å². The molecule has 1 saturated heterocycles. The zero-order valence-electron chi connectivity index (χ0n) is 9.20. The Bertz CT molecular complexity index is 483. The van der Waals surface area contributed by atoms with E-state index in [1.54, 1.807) is 0 Å². The first-order valence-corrected chi connectivity index (χ1v) is 5.47. The van der Waals surface area contributed by atoms with Gasteiger partial charge >= 0.3 is 6.18 Å². The third-order valence-corrected chi connectivity index (χ3v) is 3.21. The van der Waals surface area contributed by atoms with Crippen LogP contribution in [-0.4, -0.2) is 23.3 Å². The quantitative estimate of drug-likeness (QED) is 0.772. The first-order chi connectivity index (χ1) is 8.44. The van der Waals surface area contributed by atoms with E-state index in [2.05, 4.69) is 4.98 Å². The smallest absolute Gasteiger partial charge is 0.388 e. The number of ether oxygens (including phenoxy) is 2. The fourth-order valence-electron chi connectivity index (χ4n) is 2.55. The Morgan fingerprint density at radius 1 is 1.33 bits per heavy atom. The molecule has 1 aliphatic carbocycles. The number of aliphatic hydroxyl groups excluding tert-OH is 1. The van der Waals surface area contributed by atoms with Gasteiger partial charge in [0.05, 0.1) is 19.3 Å². The van der Waals surface area contributed by atoms with Gasteiger partial charge in [-0.15, -0.1) is 0 Å².